The van der Waals surface area contributed by atoms with E-state index in [0.717, 1.165) is 17.9 Å². The number of fused-ring (bicyclic) bond motifs is 2. The van der Waals surface area contributed by atoms with Gasteiger partial charge in [-0.25, -0.2) is 0 Å². The molecule has 4 nitrogen and oxygen atoms in total. The Morgan fingerprint density at radius 3 is 2.64 bits per heavy atom. The first-order valence-electron chi connectivity index (χ1n) is 7.86. The number of ether oxygens (including phenoxy) is 1. The normalized spacial score (nSPS) is 31.3. The van der Waals surface area contributed by atoms with Gasteiger partial charge in [0.25, 0.3) is 0 Å². The molecule has 0 saturated heterocycles. The number of phenols is 1. The van der Waals surface area contributed by atoms with Crippen molar-refractivity contribution < 1.29 is 9.84 Å². The van der Waals surface area contributed by atoms with Crippen molar-refractivity contribution in [1.82, 2.24) is 0 Å². The molecule has 2 aliphatic carbocycles. The first-order chi connectivity index (χ1) is 10.4. The van der Waals surface area contributed by atoms with E-state index in [1.54, 1.807) is 18.3 Å². The lowest BCUT2D eigenvalue weighted by Crippen LogP contribution is -2.32. The largest absolute Gasteiger partial charge is 0.504 e. The Morgan fingerprint density at radius 2 is 2.09 bits per heavy atom. The molecule has 2 fully saturated rings. The summed E-state index contributed by atoms with van der Waals surface area (Å²) in [5.74, 6) is 1.31. The summed E-state index contributed by atoms with van der Waals surface area (Å²) in [5, 5.41) is 18.6. The molecule has 0 amide bonds. The number of hydrogen-bond donors (Lipinski definition) is 1. The monoisotopic (exact) mass is 300 g/mol. The van der Waals surface area contributed by atoms with Gasteiger partial charge in [0.2, 0.25) is 0 Å². The van der Waals surface area contributed by atoms with E-state index in [0.29, 0.717) is 11.2 Å². The predicted octanol–water partition coefficient (Wildman–Crippen LogP) is 4.02. The summed E-state index contributed by atoms with van der Waals surface area (Å²) in [5.41, 5.74) is 2.54. The van der Waals surface area contributed by atoms with Crippen molar-refractivity contribution in [2.24, 2.45) is 27.0 Å². The molecule has 2 atom stereocenters. The molecule has 2 aliphatic rings. The fraction of sp³-hybridized carbons (Fsp3) is 0.556. The van der Waals surface area contributed by atoms with Gasteiger partial charge in [0.05, 0.1) is 13.3 Å². The van der Waals surface area contributed by atoms with E-state index in [2.05, 4.69) is 31.0 Å². The fourth-order valence-corrected chi connectivity index (χ4v) is 4.03. The average molecular weight is 300 g/mol. The Morgan fingerprint density at radius 1 is 1.32 bits per heavy atom. The number of benzene rings is 1. The lowest BCUT2D eigenvalue weighted by atomic mass is 9.70. The van der Waals surface area contributed by atoms with Crippen LogP contribution in [-0.4, -0.2) is 24.1 Å². The van der Waals surface area contributed by atoms with Gasteiger partial charge in [-0.15, -0.1) is 0 Å². The number of methoxy groups -OCH3 is 1. The first-order valence-corrected chi connectivity index (χ1v) is 7.86. The van der Waals surface area contributed by atoms with Crippen LogP contribution in [0, 0.1) is 16.7 Å². The van der Waals surface area contributed by atoms with E-state index in [1.807, 2.05) is 6.07 Å². The highest BCUT2D eigenvalue weighted by atomic mass is 16.5. The quantitative estimate of drug-likeness (QED) is 0.677. The van der Waals surface area contributed by atoms with Crippen molar-refractivity contribution in [1.29, 1.82) is 0 Å². The maximum atomic E-state index is 9.78. The topological polar surface area (TPSA) is 54.2 Å². The van der Waals surface area contributed by atoms with Crippen LogP contribution >= 0.6 is 0 Å². The number of aromatic hydroxyl groups is 1. The second-order valence-electron chi connectivity index (χ2n) is 7.22. The maximum Gasteiger partial charge on any atom is 0.160 e. The van der Waals surface area contributed by atoms with Gasteiger partial charge in [-0.05, 0) is 54.4 Å². The Hall–Kier alpha value is -1.84. The van der Waals surface area contributed by atoms with Crippen LogP contribution in [0.25, 0.3) is 0 Å². The van der Waals surface area contributed by atoms with Crippen LogP contribution in [-0.2, 0) is 0 Å². The highest BCUT2D eigenvalue weighted by molar-refractivity contribution is 5.94. The summed E-state index contributed by atoms with van der Waals surface area (Å²) in [4.78, 5) is 0. The lowest BCUT2D eigenvalue weighted by molar-refractivity contribution is 0.194. The molecule has 1 aromatic rings. The molecular weight excluding hydrogens is 276 g/mol. The van der Waals surface area contributed by atoms with Crippen molar-refractivity contribution in [2.75, 3.05) is 7.11 Å². The number of nitrogens with zero attached hydrogens (tertiary/aromatic N) is 2. The molecule has 0 heterocycles. The maximum absolute atomic E-state index is 9.78. The zero-order chi connectivity index (χ0) is 16.0. The van der Waals surface area contributed by atoms with Crippen LogP contribution in [0.1, 0.15) is 45.6 Å². The van der Waals surface area contributed by atoms with Crippen LogP contribution in [0.5, 0.6) is 11.5 Å². The minimum atomic E-state index is 0.118. The molecule has 0 spiro atoms. The summed E-state index contributed by atoms with van der Waals surface area (Å²) >= 11 is 0. The average Bonchev–Trinajstić information content (AvgIpc) is 2.81. The van der Waals surface area contributed by atoms with Crippen molar-refractivity contribution in [3.05, 3.63) is 23.8 Å². The third kappa shape index (κ3) is 2.13. The van der Waals surface area contributed by atoms with Crippen LogP contribution in [0.4, 0.5) is 0 Å². The summed E-state index contributed by atoms with van der Waals surface area (Å²) < 4.78 is 5.03. The highest BCUT2D eigenvalue weighted by Gasteiger charge is 2.59. The summed E-state index contributed by atoms with van der Waals surface area (Å²) in [6.07, 6.45) is 5.27. The second kappa shape index (κ2) is 5.11. The third-order valence-electron chi connectivity index (χ3n) is 6.10. The highest BCUT2D eigenvalue weighted by Crippen LogP contribution is 2.63. The Balaban J connectivity index is 1.79. The summed E-state index contributed by atoms with van der Waals surface area (Å²) in [7, 11) is 1.53. The van der Waals surface area contributed by atoms with Gasteiger partial charge in [0.15, 0.2) is 11.5 Å². The molecule has 0 radical (unpaired) electrons. The molecule has 118 valence electrons. The van der Waals surface area contributed by atoms with E-state index < -0.39 is 0 Å². The summed E-state index contributed by atoms with van der Waals surface area (Å²) in [6, 6.07) is 5.22. The Labute approximate surface area is 131 Å². The predicted molar refractivity (Wildman–Crippen MR) is 88.9 cm³/mol. The van der Waals surface area contributed by atoms with Crippen LogP contribution in [0.15, 0.2) is 28.4 Å². The zero-order valence-corrected chi connectivity index (χ0v) is 13.8. The van der Waals surface area contributed by atoms with Crippen LogP contribution < -0.4 is 4.74 Å². The standard InChI is InChI=1S/C18H24N2O2/c1-17(2)13-7-8-18(17,3)16(10-13)20-19-11-12-5-6-15(22-4)14(21)9-12/h5-6,9,11,13,21H,7-8,10H2,1-4H3/b19-11+,20-16+. The molecular formula is C18H24N2O2. The Kier molecular flexibility index (Phi) is 3.50. The van der Waals surface area contributed by atoms with Crippen LogP contribution in [0.3, 0.4) is 0 Å². The van der Waals surface area contributed by atoms with E-state index in [9.17, 15) is 5.11 Å². The van der Waals surface area contributed by atoms with E-state index in [1.165, 1.54) is 25.7 Å². The molecule has 22 heavy (non-hydrogen) atoms. The molecule has 1 N–H and O–H groups in total. The minimum absolute atomic E-state index is 0.118. The number of hydrogen-bond acceptors (Lipinski definition) is 4. The van der Waals surface area contributed by atoms with Gasteiger partial charge in [0.1, 0.15) is 0 Å². The molecule has 2 unspecified atom stereocenters. The number of phenolic OH excluding ortho intramolecular Hbond substituents is 1. The molecule has 2 saturated carbocycles. The molecule has 4 heteroatoms. The van der Waals surface area contributed by atoms with Gasteiger partial charge in [-0.1, -0.05) is 20.8 Å². The van der Waals surface area contributed by atoms with Crippen molar-refractivity contribution in [3.8, 4) is 11.5 Å². The fourth-order valence-electron chi connectivity index (χ4n) is 4.03. The minimum Gasteiger partial charge on any atom is -0.504 e. The molecule has 3 rings (SSSR count). The molecule has 1 aromatic carbocycles. The smallest absolute Gasteiger partial charge is 0.160 e. The van der Waals surface area contributed by atoms with E-state index in [-0.39, 0.29) is 11.2 Å². The van der Waals surface area contributed by atoms with Gasteiger partial charge < -0.3 is 9.84 Å². The first kappa shape index (κ1) is 15.1. The second-order valence-corrected chi connectivity index (χ2v) is 7.22. The summed E-state index contributed by atoms with van der Waals surface area (Å²) in [6.45, 7) is 7.05. The van der Waals surface area contributed by atoms with E-state index >= 15 is 0 Å². The molecule has 0 aromatic heterocycles. The van der Waals surface area contributed by atoms with Crippen LogP contribution in [0.2, 0.25) is 0 Å². The van der Waals surface area contributed by atoms with Gasteiger partial charge in [0, 0.05) is 11.1 Å². The van der Waals surface area contributed by atoms with Gasteiger partial charge in [-0.2, -0.15) is 10.2 Å². The molecule has 0 aliphatic heterocycles. The SMILES string of the molecule is COc1ccc(/C=N/N=C2\CC3CCC2(C)C3(C)C)cc1O. The van der Waals surface area contributed by atoms with Gasteiger partial charge >= 0.3 is 0 Å². The van der Waals surface area contributed by atoms with Crippen molar-refractivity contribution in [2.45, 2.75) is 40.0 Å². The van der Waals surface area contributed by atoms with Crippen molar-refractivity contribution in [3.63, 3.8) is 0 Å². The van der Waals surface area contributed by atoms with E-state index in [4.69, 9.17) is 4.74 Å². The van der Waals surface area contributed by atoms with Gasteiger partial charge in [-0.3, -0.25) is 0 Å². The zero-order valence-electron chi connectivity index (χ0n) is 13.8. The lowest BCUT2D eigenvalue weighted by Gasteiger charge is -2.34. The third-order valence-corrected chi connectivity index (χ3v) is 6.10. The van der Waals surface area contributed by atoms with Crippen molar-refractivity contribution >= 4 is 11.9 Å². The Bertz CT molecular complexity index is 648. The number of rotatable bonds is 3. The molecule has 2 bridgehead atoms.